The first kappa shape index (κ1) is 3.32. The average Bonchev–Trinajstić information content (AvgIpc) is 2.19. The Labute approximate surface area is 34.5 Å². The van der Waals surface area contributed by atoms with Crippen LogP contribution in [0.1, 0.15) is 6.42 Å². The van der Waals surface area contributed by atoms with E-state index in [9.17, 15) is 9.59 Å². The molecule has 2 heteroatoms. The van der Waals surface area contributed by atoms with Crippen molar-refractivity contribution in [2.24, 2.45) is 0 Å². The van der Waals surface area contributed by atoms with Gasteiger partial charge in [0.2, 0.25) is 0 Å². The van der Waals surface area contributed by atoms with Crippen LogP contribution in [0.15, 0.2) is 5.57 Å². The summed E-state index contributed by atoms with van der Waals surface area (Å²) in [5.41, 5.74) is 0.315. The van der Waals surface area contributed by atoms with Gasteiger partial charge in [-0.05, 0) is 0 Å². The first-order valence-electron chi connectivity index (χ1n) is 1.62. The van der Waals surface area contributed by atoms with Crippen molar-refractivity contribution in [1.82, 2.24) is 0 Å². The summed E-state index contributed by atoms with van der Waals surface area (Å²) >= 11 is 0. The average molecular weight is 82.1 g/mol. The van der Waals surface area contributed by atoms with Crippen molar-refractivity contribution in [2.75, 3.05) is 0 Å². The van der Waals surface area contributed by atoms with E-state index in [1.54, 1.807) is 0 Å². The molecular formula is C4H2O2. The number of ketones is 1. The van der Waals surface area contributed by atoms with E-state index in [0.29, 0.717) is 12.0 Å². The summed E-state index contributed by atoms with van der Waals surface area (Å²) in [6, 6.07) is 0. The van der Waals surface area contributed by atoms with Gasteiger partial charge in [0.05, 0.1) is 12.0 Å². The molecule has 1 aliphatic carbocycles. The Morgan fingerprint density at radius 3 is 2.17 bits per heavy atom. The third kappa shape index (κ3) is 0.277. The van der Waals surface area contributed by atoms with Crippen molar-refractivity contribution in [2.45, 2.75) is 6.42 Å². The van der Waals surface area contributed by atoms with E-state index in [4.69, 9.17) is 0 Å². The molecule has 0 bridgehead atoms. The van der Waals surface area contributed by atoms with Gasteiger partial charge in [0, 0.05) is 0 Å². The summed E-state index contributed by atoms with van der Waals surface area (Å²) in [4.78, 5) is 19.2. The molecule has 30 valence electrons. The Kier molecular flexibility index (Phi) is 0.437. The zero-order valence-electron chi connectivity index (χ0n) is 3.02. The van der Waals surface area contributed by atoms with Gasteiger partial charge >= 0.3 is 0 Å². The zero-order valence-corrected chi connectivity index (χ0v) is 3.02. The highest BCUT2D eigenvalue weighted by atomic mass is 16.1. The molecule has 0 atom stereocenters. The van der Waals surface area contributed by atoms with E-state index >= 15 is 0 Å². The maximum Gasteiger partial charge on any atom is 0.175 e. The number of Topliss-reactive ketones (excluding diaryl/α,β-unsaturated/α-hetero) is 1. The molecule has 0 aromatic rings. The third-order valence-electron chi connectivity index (χ3n) is 0.672. The van der Waals surface area contributed by atoms with Crippen LogP contribution in [0.5, 0.6) is 0 Å². The fourth-order valence-electron chi connectivity index (χ4n) is 0.209. The molecule has 0 heterocycles. The van der Waals surface area contributed by atoms with Crippen LogP contribution in [-0.2, 0) is 9.59 Å². The smallest absolute Gasteiger partial charge is 0.175 e. The topological polar surface area (TPSA) is 34.1 Å². The monoisotopic (exact) mass is 82.0 g/mol. The Morgan fingerprint density at radius 1 is 1.67 bits per heavy atom. The number of hydrogen-bond donors (Lipinski definition) is 0. The standard InChI is InChI=1S/C4H2O2/c5-2-3-1-4(3)6/h1H2. The van der Waals surface area contributed by atoms with Crippen LogP contribution in [0, 0.1) is 0 Å². The zero-order chi connectivity index (χ0) is 4.57. The summed E-state index contributed by atoms with van der Waals surface area (Å²) in [5, 5.41) is 0. The summed E-state index contributed by atoms with van der Waals surface area (Å²) < 4.78 is 0. The molecule has 1 aliphatic rings. The van der Waals surface area contributed by atoms with E-state index in [0.717, 1.165) is 0 Å². The largest absolute Gasteiger partial charge is 0.293 e. The summed E-state index contributed by atoms with van der Waals surface area (Å²) in [6.45, 7) is 0. The molecule has 0 amide bonds. The van der Waals surface area contributed by atoms with Crippen LogP contribution in [0.3, 0.4) is 0 Å². The number of allylic oxidation sites excluding steroid dienone is 1. The van der Waals surface area contributed by atoms with Crippen molar-refractivity contribution < 1.29 is 9.59 Å². The minimum Gasteiger partial charge on any atom is -0.293 e. The van der Waals surface area contributed by atoms with Gasteiger partial charge in [-0.3, -0.25) is 4.79 Å². The fraction of sp³-hybridized carbons (Fsp3) is 0.250. The van der Waals surface area contributed by atoms with Gasteiger partial charge in [-0.1, -0.05) is 0 Å². The van der Waals surface area contributed by atoms with Crippen molar-refractivity contribution in [3.05, 3.63) is 5.57 Å². The molecule has 0 spiro atoms. The number of carbonyl (C=O) groups is 1. The first-order chi connectivity index (χ1) is 2.84. The van der Waals surface area contributed by atoms with E-state index in [1.165, 1.54) is 5.94 Å². The summed E-state index contributed by atoms with van der Waals surface area (Å²) in [5.74, 6) is 1.45. The highest BCUT2D eigenvalue weighted by Gasteiger charge is 2.26. The van der Waals surface area contributed by atoms with Crippen LogP contribution in [0.25, 0.3) is 0 Å². The molecular weight excluding hydrogens is 80.0 g/mol. The second kappa shape index (κ2) is 0.791. The van der Waals surface area contributed by atoms with Crippen molar-refractivity contribution in [3.63, 3.8) is 0 Å². The molecule has 1 fully saturated rings. The SMILES string of the molecule is O=C=C1CC1=O. The number of carbonyl (C=O) groups excluding carboxylic acids is 2. The molecule has 0 aromatic carbocycles. The third-order valence-corrected chi connectivity index (χ3v) is 0.672. The molecule has 1 rings (SSSR count). The Balaban J connectivity index is 2.93. The quantitative estimate of drug-likeness (QED) is 0.297. The van der Waals surface area contributed by atoms with Crippen molar-refractivity contribution >= 4 is 11.7 Å². The van der Waals surface area contributed by atoms with Crippen molar-refractivity contribution in [1.29, 1.82) is 0 Å². The van der Waals surface area contributed by atoms with Crippen LogP contribution in [0.4, 0.5) is 0 Å². The minimum absolute atomic E-state index is 0.0509. The van der Waals surface area contributed by atoms with Crippen LogP contribution in [0.2, 0.25) is 0 Å². The predicted molar refractivity (Wildman–Crippen MR) is 18.8 cm³/mol. The predicted octanol–water partition coefficient (Wildman–Crippen LogP) is -0.283. The molecule has 0 aromatic heterocycles. The molecule has 1 saturated carbocycles. The maximum atomic E-state index is 9.82. The fourth-order valence-corrected chi connectivity index (χ4v) is 0.209. The molecule has 2 nitrogen and oxygen atoms in total. The molecule has 0 unspecified atom stereocenters. The van der Waals surface area contributed by atoms with Gasteiger partial charge in [0.1, 0.15) is 5.94 Å². The maximum absolute atomic E-state index is 9.82. The van der Waals surface area contributed by atoms with Crippen LogP contribution < -0.4 is 0 Å². The summed E-state index contributed by atoms with van der Waals surface area (Å²) in [7, 11) is 0. The number of rotatable bonds is 0. The highest BCUT2D eigenvalue weighted by Crippen LogP contribution is 2.17. The highest BCUT2D eigenvalue weighted by molar-refractivity contribution is 6.19. The van der Waals surface area contributed by atoms with E-state index in [1.807, 2.05) is 0 Å². The van der Waals surface area contributed by atoms with Gasteiger partial charge in [0.15, 0.2) is 5.78 Å². The van der Waals surface area contributed by atoms with Crippen molar-refractivity contribution in [3.8, 4) is 0 Å². The lowest BCUT2D eigenvalue weighted by Gasteiger charge is -1.35. The van der Waals surface area contributed by atoms with Gasteiger partial charge in [-0.15, -0.1) is 0 Å². The summed E-state index contributed by atoms with van der Waals surface area (Å²) in [6.07, 6.45) is 0.351. The first-order valence-corrected chi connectivity index (χ1v) is 1.62. The van der Waals surface area contributed by atoms with Crippen LogP contribution in [-0.4, -0.2) is 11.7 Å². The second-order valence-electron chi connectivity index (χ2n) is 1.18. The molecule has 6 heavy (non-hydrogen) atoms. The number of hydrogen-bond acceptors (Lipinski definition) is 2. The van der Waals surface area contributed by atoms with Gasteiger partial charge in [-0.25, -0.2) is 4.79 Å². The van der Waals surface area contributed by atoms with Crippen LogP contribution >= 0.6 is 0 Å². The molecule has 0 radical (unpaired) electrons. The van der Waals surface area contributed by atoms with E-state index in [2.05, 4.69) is 0 Å². The Hall–Kier alpha value is -0.880. The molecule has 0 N–H and O–H groups in total. The normalized spacial score (nSPS) is 17.3. The van der Waals surface area contributed by atoms with E-state index in [-0.39, 0.29) is 5.78 Å². The Bertz CT molecular complexity index is 140. The lowest BCUT2D eigenvalue weighted by atomic mass is 10.7. The second-order valence-corrected chi connectivity index (χ2v) is 1.18. The lowest BCUT2D eigenvalue weighted by molar-refractivity contribution is -0.108. The van der Waals surface area contributed by atoms with Gasteiger partial charge in [0.25, 0.3) is 0 Å². The van der Waals surface area contributed by atoms with Gasteiger partial charge < -0.3 is 0 Å². The molecule has 0 saturated heterocycles. The minimum atomic E-state index is -0.0509. The van der Waals surface area contributed by atoms with Gasteiger partial charge in [-0.2, -0.15) is 0 Å². The van der Waals surface area contributed by atoms with E-state index < -0.39 is 0 Å². The lowest BCUT2D eigenvalue weighted by Crippen LogP contribution is -1.54. The molecule has 0 aliphatic heterocycles. The Morgan fingerprint density at radius 2 is 2.17 bits per heavy atom.